The van der Waals surface area contributed by atoms with Crippen LogP contribution < -0.4 is 16.4 Å². The van der Waals surface area contributed by atoms with Crippen molar-refractivity contribution in [2.45, 2.75) is 19.5 Å². The monoisotopic (exact) mass is 462 g/mol. The van der Waals surface area contributed by atoms with Crippen molar-refractivity contribution in [2.24, 2.45) is 12.8 Å². The molecular formula is C24H27FN8O. The van der Waals surface area contributed by atoms with Crippen molar-refractivity contribution >= 4 is 11.7 Å². The first kappa shape index (κ1) is 23.1. The number of nitrogens with two attached hydrogens (primary N) is 1. The SMILES string of the molecule is Cn1cc(-c2ccc(C(=O)NCc3ccnn3CCN)c(NCCc3cccc(F)c3)n2)cn1. The van der Waals surface area contributed by atoms with Crippen molar-refractivity contribution in [1.82, 2.24) is 29.9 Å². The van der Waals surface area contributed by atoms with Crippen LogP contribution in [0.4, 0.5) is 10.2 Å². The van der Waals surface area contributed by atoms with Gasteiger partial charge in [0.1, 0.15) is 11.6 Å². The molecule has 0 saturated carbocycles. The molecule has 0 aliphatic heterocycles. The van der Waals surface area contributed by atoms with Gasteiger partial charge in [-0.1, -0.05) is 12.1 Å². The van der Waals surface area contributed by atoms with Crippen LogP contribution in [-0.4, -0.2) is 43.5 Å². The van der Waals surface area contributed by atoms with Crippen molar-refractivity contribution in [3.05, 3.63) is 83.7 Å². The van der Waals surface area contributed by atoms with E-state index in [-0.39, 0.29) is 11.7 Å². The number of aromatic nitrogens is 5. The van der Waals surface area contributed by atoms with E-state index in [9.17, 15) is 9.18 Å². The summed E-state index contributed by atoms with van der Waals surface area (Å²) in [7, 11) is 1.83. The first-order chi connectivity index (χ1) is 16.5. The number of rotatable bonds is 10. The Labute approximate surface area is 196 Å². The summed E-state index contributed by atoms with van der Waals surface area (Å²) in [6, 6.07) is 11.8. The van der Waals surface area contributed by atoms with Gasteiger partial charge in [0.05, 0.1) is 36.2 Å². The van der Waals surface area contributed by atoms with E-state index in [4.69, 9.17) is 5.73 Å². The number of benzene rings is 1. The van der Waals surface area contributed by atoms with E-state index in [2.05, 4.69) is 25.8 Å². The highest BCUT2D eigenvalue weighted by Gasteiger charge is 2.16. The standard InChI is InChI=1S/C24H27FN8O/c1-32-16-18(14-30-32)22-6-5-21(24(34)28-15-20-8-11-29-33(20)12-9-26)23(31-22)27-10-7-17-3-2-4-19(25)13-17/h2-6,8,11,13-14,16H,7,9-10,12,15,26H2,1H3,(H,27,31)(H,28,34). The van der Waals surface area contributed by atoms with Gasteiger partial charge in [-0.15, -0.1) is 0 Å². The van der Waals surface area contributed by atoms with E-state index in [0.29, 0.717) is 49.7 Å². The number of hydrogen-bond acceptors (Lipinski definition) is 6. The van der Waals surface area contributed by atoms with Gasteiger partial charge < -0.3 is 16.4 Å². The van der Waals surface area contributed by atoms with Gasteiger partial charge in [-0.2, -0.15) is 10.2 Å². The average molecular weight is 463 g/mol. The number of pyridine rings is 1. The molecule has 0 unspecified atom stereocenters. The smallest absolute Gasteiger partial charge is 0.255 e. The number of nitrogens with zero attached hydrogens (tertiary/aromatic N) is 5. The van der Waals surface area contributed by atoms with E-state index >= 15 is 0 Å². The van der Waals surface area contributed by atoms with Gasteiger partial charge in [0.2, 0.25) is 0 Å². The lowest BCUT2D eigenvalue weighted by molar-refractivity contribution is 0.0950. The highest BCUT2D eigenvalue weighted by molar-refractivity contribution is 5.99. The van der Waals surface area contributed by atoms with Gasteiger partial charge in [0.25, 0.3) is 5.91 Å². The number of halogens is 1. The van der Waals surface area contributed by atoms with E-state index in [0.717, 1.165) is 16.8 Å². The molecule has 0 saturated heterocycles. The number of carbonyl (C=O) groups is 1. The first-order valence-electron chi connectivity index (χ1n) is 11.0. The summed E-state index contributed by atoms with van der Waals surface area (Å²) >= 11 is 0. The van der Waals surface area contributed by atoms with Gasteiger partial charge in [-0.3, -0.25) is 14.2 Å². The minimum atomic E-state index is -0.275. The number of amides is 1. The molecule has 4 N–H and O–H groups in total. The predicted octanol–water partition coefficient (Wildman–Crippen LogP) is 2.36. The number of hydrogen-bond donors (Lipinski definition) is 3. The lowest BCUT2D eigenvalue weighted by Gasteiger charge is -2.13. The maximum Gasteiger partial charge on any atom is 0.255 e. The highest BCUT2D eigenvalue weighted by Crippen LogP contribution is 2.22. The maximum atomic E-state index is 13.5. The Morgan fingerprint density at radius 1 is 1.18 bits per heavy atom. The zero-order valence-electron chi connectivity index (χ0n) is 18.9. The summed E-state index contributed by atoms with van der Waals surface area (Å²) in [6.45, 7) is 1.83. The van der Waals surface area contributed by atoms with Gasteiger partial charge in [0.15, 0.2) is 0 Å². The number of anilines is 1. The highest BCUT2D eigenvalue weighted by atomic mass is 19.1. The zero-order valence-corrected chi connectivity index (χ0v) is 18.9. The van der Waals surface area contributed by atoms with Crippen LogP contribution in [0.2, 0.25) is 0 Å². The van der Waals surface area contributed by atoms with E-state index in [1.54, 1.807) is 40.0 Å². The van der Waals surface area contributed by atoms with E-state index < -0.39 is 0 Å². The van der Waals surface area contributed by atoms with Gasteiger partial charge in [0, 0.05) is 38.1 Å². The summed E-state index contributed by atoms with van der Waals surface area (Å²) in [5.74, 6) is -0.0899. The van der Waals surface area contributed by atoms with Crippen LogP contribution >= 0.6 is 0 Å². The topological polar surface area (TPSA) is 116 Å². The van der Waals surface area contributed by atoms with Crippen molar-refractivity contribution in [1.29, 1.82) is 0 Å². The minimum Gasteiger partial charge on any atom is -0.369 e. The largest absolute Gasteiger partial charge is 0.369 e. The molecule has 4 aromatic rings. The number of carbonyl (C=O) groups excluding carboxylic acids is 1. The molecular weight excluding hydrogens is 435 g/mol. The van der Waals surface area contributed by atoms with Crippen LogP contribution in [0.1, 0.15) is 21.6 Å². The second kappa shape index (κ2) is 10.7. The third-order valence-electron chi connectivity index (χ3n) is 5.31. The number of aryl methyl sites for hydroxylation is 1. The molecule has 3 aromatic heterocycles. The molecule has 0 radical (unpaired) electrons. The van der Waals surface area contributed by atoms with Crippen LogP contribution in [0, 0.1) is 5.82 Å². The van der Waals surface area contributed by atoms with Crippen LogP contribution in [0.5, 0.6) is 0 Å². The third-order valence-corrected chi connectivity index (χ3v) is 5.31. The fourth-order valence-electron chi connectivity index (χ4n) is 3.61. The molecule has 10 heteroatoms. The maximum absolute atomic E-state index is 13.5. The van der Waals surface area contributed by atoms with Crippen molar-refractivity contribution in [3.8, 4) is 11.3 Å². The molecule has 176 valence electrons. The summed E-state index contributed by atoms with van der Waals surface area (Å²) in [6.07, 6.45) is 5.84. The summed E-state index contributed by atoms with van der Waals surface area (Å²) in [5.41, 5.74) is 9.29. The Morgan fingerprint density at radius 3 is 2.82 bits per heavy atom. The molecule has 1 aromatic carbocycles. The molecule has 3 heterocycles. The molecule has 0 bridgehead atoms. The van der Waals surface area contributed by atoms with Crippen LogP contribution in [0.15, 0.2) is 61.1 Å². The fraction of sp³-hybridized carbons (Fsp3) is 0.250. The Morgan fingerprint density at radius 2 is 2.06 bits per heavy atom. The third kappa shape index (κ3) is 5.65. The van der Waals surface area contributed by atoms with Crippen LogP contribution in [-0.2, 0) is 26.6 Å². The van der Waals surface area contributed by atoms with E-state index in [1.165, 1.54) is 12.1 Å². The Balaban J connectivity index is 1.52. The average Bonchev–Trinajstić information content (AvgIpc) is 3.46. The van der Waals surface area contributed by atoms with E-state index in [1.807, 2.05) is 25.4 Å². The van der Waals surface area contributed by atoms with Gasteiger partial charge in [-0.25, -0.2) is 9.37 Å². The Kier molecular flexibility index (Phi) is 7.28. The molecule has 0 spiro atoms. The molecule has 4 rings (SSSR count). The quantitative estimate of drug-likeness (QED) is 0.333. The second-order valence-corrected chi connectivity index (χ2v) is 7.82. The zero-order chi connectivity index (χ0) is 23.9. The molecule has 0 aliphatic carbocycles. The molecule has 0 aliphatic rings. The van der Waals surface area contributed by atoms with Crippen molar-refractivity contribution in [3.63, 3.8) is 0 Å². The first-order valence-corrected chi connectivity index (χ1v) is 11.0. The fourth-order valence-corrected chi connectivity index (χ4v) is 3.61. The molecule has 9 nitrogen and oxygen atoms in total. The second-order valence-electron chi connectivity index (χ2n) is 7.82. The van der Waals surface area contributed by atoms with Gasteiger partial charge >= 0.3 is 0 Å². The normalized spacial score (nSPS) is 10.9. The Hall–Kier alpha value is -4.05. The van der Waals surface area contributed by atoms with Crippen molar-refractivity contribution in [2.75, 3.05) is 18.4 Å². The predicted molar refractivity (Wildman–Crippen MR) is 127 cm³/mol. The summed E-state index contributed by atoms with van der Waals surface area (Å²) < 4.78 is 17.0. The molecule has 0 atom stereocenters. The molecule has 1 amide bonds. The molecule has 34 heavy (non-hydrogen) atoms. The lowest BCUT2D eigenvalue weighted by atomic mass is 10.1. The summed E-state index contributed by atoms with van der Waals surface area (Å²) in [5, 5.41) is 14.6. The van der Waals surface area contributed by atoms with Crippen LogP contribution in [0.25, 0.3) is 11.3 Å². The van der Waals surface area contributed by atoms with Gasteiger partial charge in [-0.05, 0) is 42.3 Å². The number of nitrogens with one attached hydrogen (secondary N) is 2. The van der Waals surface area contributed by atoms with Crippen molar-refractivity contribution < 1.29 is 9.18 Å². The minimum absolute atomic E-state index is 0.265. The Bertz CT molecular complexity index is 1270. The summed E-state index contributed by atoms with van der Waals surface area (Å²) in [4.78, 5) is 17.7. The van der Waals surface area contributed by atoms with Crippen LogP contribution in [0.3, 0.4) is 0 Å². The lowest BCUT2D eigenvalue weighted by Crippen LogP contribution is -2.26. The molecule has 0 fully saturated rings.